The van der Waals surface area contributed by atoms with Crippen LogP contribution in [0.1, 0.15) is 31.4 Å². The summed E-state index contributed by atoms with van der Waals surface area (Å²) in [5.41, 5.74) is 2.14. The van der Waals surface area contributed by atoms with Gasteiger partial charge in [-0.3, -0.25) is 9.69 Å². The number of aliphatic carboxylic acids is 1. The standard InChI is InChI=1S/C18H28N2O2/c1-15(2)13-19-8-3-9-20(11-10-19)14-17-6-4-16(5-7-17)12-18(21)22/h4-7,15H,3,8-14H2,1-2H3,(H,21,22). The van der Waals surface area contributed by atoms with Crippen LogP contribution < -0.4 is 0 Å². The zero-order valence-electron chi connectivity index (χ0n) is 13.8. The van der Waals surface area contributed by atoms with E-state index < -0.39 is 5.97 Å². The van der Waals surface area contributed by atoms with E-state index in [-0.39, 0.29) is 6.42 Å². The Kier molecular flexibility index (Phi) is 6.40. The highest BCUT2D eigenvalue weighted by molar-refractivity contribution is 5.70. The molecule has 0 saturated carbocycles. The van der Waals surface area contributed by atoms with E-state index in [0.717, 1.165) is 37.7 Å². The first kappa shape index (κ1) is 17.0. The molecule has 0 radical (unpaired) electrons. The van der Waals surface area contributed by atoms with Crippen molar-refractivity contribution in [3.63, 3.8) is 0 Å². The predicted octanol–water partition coefficient (Wildman–Crippen LogP) is 2.48. The summed E-state index contributed by atoms with van der Waals surface area (Å²) in [7, 11) is 0. The van der Waals surface area contributed by atoms with Crippen molar-refractivity contribution in [3.05, 3.63) is 35.4 Å². The van der Waals surface area contributed by atoms with Gasteiger partial charge >= 0.3 is 5.97 Å². The van der Waals surface area contributed by atoms with Gasteiger partial charge < -0.3 is 10.0 Å². The molecule has 1 saturated heterocycles. The third kappa shape index (κ3) is 5.78. The molecule has 1 aromatic carbocycles. The van der Waals surface area contributed by atoms with Crippen LogP contribution in [0, 0.1) is 5.92 Å². The highest BCUT2D eigenvalue weighted by Crippen LogP contribution is 2.12. The van der Waals surface area contributed by atoms with Crippen LogP contribution >= 0.6 is 0 Å². The molecule has 22 heavy (non-hydrogen) atoms. The number of benzene rings is 1. The van der Waals surface area contributed by atoms with E-state index in [2.05, 4.69) is 35.8 Å². The van der Waals surface area contributed by atoms with E-state index in [9.17, 15) is 4.79 Å². The van der Waals surface area contributed by atoms with Gasteiger partial charge in [0.1, 0.15) is 0 Å². The van der Waals surface area contributed by atoms with E-state index in [1.165, 1.54) is 25.1 Å². The minimum atomic E-state index is -0.773. The number of rotatable bonds is 6. The number of carbonyl (C=O) groups is 1. The maximum absolute atomic E-state index is 10.7. The first-order valence-electron chi connectivity index (χ1n) is 8.27. The SMILES string of the molecule is CC(C)CN1CCCN(Cc2ccc(CC(=O)O)cc2)CC1. The van der Waals surface area contributed by atoms with Gasteiger partial charge in [0.05, 0.1) is 6.42 Å². The molecule has 0 unspecified atom stereocenters. The number of nitrogens with zero attached hydrogens (tertiary/aromatic N) is 2. The van der Waals surface area contributed by atoms with Crippen LogP contribution in [0.25, 0.3) is 0 Å². The Morgan fingerprint density at radius 2 is 1.64 bits per heavy atom. The summed E-state index contributed by atoms with van der Waals surface area (Å²) in [6.45, 7) is 11.3. The third-order valence-electron chi connectivity index (χ3n) is 4.09. The minimum absolute atomic E-state index is 0.105. The molecule has 1 aliphatic rings. The van der Waals surface area contributed by atoms with Crippen LogP contribution in [-0.2, 0) is 17.8 Å². The van der Waals surface area contributed by atoms with Crippen molar-refractivity contribution >= 4 is 5.97 Å². The fourth-order valence-electron chi connectivity index (χ4n) is 3.08. The topological polar surface area (TPSA) is 43.8 Å². The van der Waals surface area contributed by atoms with Gasteiger partial charge in [-0.15, -0.1) is 0 Å². The lowest BCUT2D eigenvalue weighted by Gasteiger charge is -2.23. The fraction of sp³-hybridized carbons (Fsp3) is 0.611. The van der Waals surface area contributed by atoms with E-state index in [0.29, 0.717) is 0 Å². The predicted molar refractivity (Wildman–Crippen MR) is 89.0 cm³/mol. The smallest absolute Gasteiger partial charge is 0.307 e. The molecule has 0 aromatic heterocycles. The number of carboxylic acids is 1. The van der Waals surface area contributed by atoms with Crippen molar-refractivity contribution in [3.8, 4) is 0 Å². The second kappa shape index (κ2) is 8.30. The molecule has 1 fully saturated rings. The Morgan fingerprint density at radius 1 is 1.05 bits per heavy atom. The molecular formula is C18H28N2O2. The van der Waals surface area contributed by atoms with Gasteiger partial charge in [-0.25, -0.2) is 0 Å². The fourth-order valence-corrected chi connectivity index (χ4v) is 3.08. The molecule has 0 aliphatic carbocycles. The molecule has 0 atom stereocenters. The molecule has 1 heterocycles. The molecule has 4 heteroatoms. The van der Waals surface area contributed by atoms with E-state index >= 15 is 0 Å². The molecule has 0 amide bonds. The minimum Gasteiger partial charge on any atom is -0.481 e. The van der Waals surface area contributed by atoms with Crippen molar-refractivity contribution in [1.29, 1.82) is 0 Å². The lowest BCUT2D eigenvalue weighted by Crippen LogP contribution is -2.32. The van der Waals surface area contributed by atoms with Crippen LogP contribution in [-0.4, -0.2) is 53.6 Å². The van der Waals surface area contributed by atoms with Crippen LogP contribution in [0.2, 0.25) is 0 Å². The molecule has 122 valence electrons. The maximum atomic E-state index is 10.7. The first-order valence-corrected chi connectivity index (χ1v) is 8.27. The largest absolute Gasteiger partial charge is 0.481 e. The number of hydrogen-bond acceptors (Lipinski definition) is 3. The van der Waals surface area contributed by atoms with Crippen molar-refractivity contribution in [2.24, 2.45) is 5.92 Å². The van der Waals surface area contributed by atoms with Gasteiger partial charge in [-0.1, -0.05) is 38.1 Å². The molecule has 1 aliphatic heterocycles. The van der Waals surface area contributed by atoms with Crippen molar-refractivity contribution in [2.75, 3.05) is 32.7 Å². The van der Waals surface area contributed by atoms with Crippen molar-refractivity contribution in [1.82, 2.24) is 9.80 Å². The Bertz CT molecular complexity index is 470. The van der Waals surface area contributed by atoms with Crippen LogP contribution in [0.3, 0.4) is 0 Å². The third-order valence-corrected chi connectivity index (χ3v) is 4.09. The second-order valence-electron chi connectivity index (χ2n) is 6.71. The van der Waals surface area contributed by atoms with Crippen LogP contribution in [0.4, 0.5) is 0 Å². The molecule has 2 rings (SSSR count). The summed E-state index contributed by atoms with van der Waals surface area (Å²) in [4.78, 5) is 15.8. The van der Waals surface area contributed by atoms with E-state index in [1.807, 2.05) is 12.1 Å². The zero-order valence-corrected chi connectivity index (χ0v) is 13.8. The molecule has 0 bridgehead atoms. The Labute approximate surface area is 133 Å². The zero-order chi connectivity index (χ0) is 15.9. The monoisotopic (exact) mass is 304 g/mol. The molecule has 4 nitrogen and oxygen atoms in total. The first-order chi connectivity index (χ1) is 10.5. The Hall–Kier alpha value is -1.39. The Balaban J connectivity index is 1.84. The lowest BCUT2D eigenvalue weighted by atomic mass is 10.1. The van der Waals surface area contributed by atoms with Gasteiger partial charge in [0.25, 0.3) is 0 Å². The summed E-state index contributed by atoms with van der Waals surface area (Å²) in [5.74, 6) is -0.0427. The summed E-state index contributed by atoms with van der Waals surface area (Å²) < 4.78 is 0. The van der Waals surface area contributed by atoms with Gasteiger partial charge in [-0.2, -0.15) is 0 Å². The Morgan fingerprint density at radius 3 is 2.27 bits per heavy atom. The van der Waals surface area contributed by atoms with Gasteiger partial charge in [-0.05, 0) is 36.6 Å². The number of carboxylic acid groups (broad SMARTS) is 1. The van der Waals surface area contributed by atoms with Gasteiger partial charge in [0.2, 0.25) is 0 Å². The second-order valence-corrected chi connectivity index (χ2v) is 6.71. The van der Waals surface area contributed by atoms with Gasteiger partial charge in [0.15, 0.2) is 0 Å². The average molecular weight is 304 g/mol. The molecular weight excluding hydrogens is 276 g/mol. The molecule has 0 spiro atoms. The summed E-state index contributed by atoms with van der Waals surface area (Å²) in [6, 6.07) is 8.00. The van der Waals surface area contributed by atoms with E-state index in [1.54, 1.807) is 0 Å². The summed E-state index contributed by atoms with van der Waals surface area (Å²) in [6.07, 6.45) is 1.33. The van der Waals surface area contributed by atoms with Crippen molar-refractivity contribution < 1.29 is 9.90 Å². The lowest BCUT2D eigenvalue weighted by molar-refractivity contribution is -0.136. The average Bonchev–Trinajstić information content (AvgIpc) is 2.65. The summed E-state index contributed by atoms with van der Waals surface area (Å²) in [5, 5.41) is 8.80. The van der Waals surface area contributed by atoms with Crippen LogP contribution in [0.15, 0.2) is 24.3 Å². The summed E-state index contributed by atoms with van der Waals surface area (Å²) >= 11 is 0. The highest BCUT2D eigenvalue weighted by Gasteiger charge is 2.15. The highest BCUT2D eigenvalue weighted by atomic mass is 16.4. The van der Waals surface area contributed by atoms with E-state index in [4.69, 9.17) is 5.11 Å². The normalized spacial score (nSPS) is 17.6. The van der Waals surface area contributed by atoms with Gasteiger partial charge in [0, 0.05) is 26.2 Å². The molecule has 1 N–H and O–H groups in total. The maximum Gasteiger partial charge on any atom is 0.307 e. The molecule has 1 aromatic rings. The van der Waals surface area contributed by atoms with Crippen molar-refractivity contribution in [2.45, 2.75) is 33.2 Å². The quantitative estimate of drug-likeness (QED) is 0.877. The van der Waals surface area contributed by atoms with Crippen LogP contribution in [0.5, 0.6) is 0 Å². The number of hydrogen-bond donors (Lipinski definition) is 1.